The maximum atomic E-state index is 14.1. The Morgan fingerprint density at radius 1 is 0.543 bits per heavy atom. The number of nitrogens with zero attached hydrogens (tertiary/aromatic N) is 1. The second kappa shape index (κ2) is 7.71. The van der Waals surface area contributed by atoms with E-state index in [2.05, 4.69) is 88.7 Å². The predicted molar refractivity (Wildman–Crippen MR) is 144 cm³/mol. The summed E-state index contributed by atoms with van der Waals surface area (Å²) in [4.78, 5) is 14.1. The quantitative estimate of drug-likeness (QED) is 0.279. The van der Waals surface area contributed by atoms with Crippen LogP contribution in [0.15, 0.2) is 126 Å². The summed E-state index contributed by atoms with van der Waals surface area (Å²) in [6.07, 6.45) is 0. The van der Waals surface area contributed by atoms with Crippen molar-refractivity contribution in [3.8, 4) is 5.69 Å². The zero-order chi connectivity index (χ0) is 23.4. The van der Waals surface area contributed by atoms with Gasteiger partial charge in [0.2, 0.25) is 0 Å². The van der Waals surface area contributed by atoms with Gasteiger partial charge in [0.1, 0.15) is 0 Å². The van der Waals surface area contributed by atoms with Crippen LogP contribution in [0.3, 0.4) is 0 Å². The summed E-state index contributed by atoms with van der Waals surface area (Å²) in [7, 11) is 0. The smallest absolute Gasteiger partial charge is 0.197 e. The van der Waals surface area contributed by atoms with E-state index in [4.69, 9.17) is 0 Å². The average Bonchev–Trinajstić information content (AvgIpc) is 2.92. The Morgan fingerprint density at radius 2 is 1.11 bits per heavy atom. The minimum Gasteiger partial charge on any atom is -0.355 e. The minimum absolute atomic E-state index is 0.0505. The number of nitrogens with one attached hydrogen (secondary N) is 1. The SMILES string of the molecule is O=c1c2ccccc2n(-c2ccccc2)c2cccc(C3c4ccccc4Nc4ccccc43)c12. The molecule has 35 heavy (non-hydrogen) atoms. The van der Waals surface area contributed by atoms with Crippen LogP contribution in [0.4, 0.5) is 11.4 Å². The summed E-state index contributed by atoms with van der Waals surface area (Å²) >= 11 is 0. The van der Waals surface area contributed by atoms with Crippen molar-refractivity contribution >= 4 is 33.2 Å². The molecule has 0 fully saturated rings. The maximum absolute atomic E-state index is 14.1. The van der Waals surface area contributed by atoms with Crippen LogP contribution in [0.5, 0.6) is 0 Å². The van der Waals surface area contributed by atoms with Crippen LogP contribution in [-0.2, 0) is 0 Å². The predicted octanol–water partition coefficient (Wildman–Crippen LogP) is 7.38. The molecular formula is C32H22N2O. The normalized spacial score (nSPS) is 12.8. The van der Waals surface area contributed by atoms with Gasteiger partial charge in [-0.3, -0.25) is 4.79 Å². The Morgan fingerprint density at radius 3 is 1.86 bits per heavy atom. The summed E-state index contributed by atoms with van der Waals surface area (Å²) in [6.45, 7) is 0. The molecule has 0 atom stereocenters. The molecule has 6 aromatic rings. The first-order chi connectivity index (χ1) is 17.3. The number of benzene rings is 5. The lowest BCUT2D eigenvalue weighted by atomic mass is 9.79. The lowest BCUT2D eigenvalue weighted by molar-refractivity contribution is 0.972. The van der Waals surface area contributed by atoms with Crippen molar-refractivity contribution < 1.29 is 0 Å². The standard InChI is InChI=1S/C32H22N2O/c35-32-24-15-6-9-19-28(24)34(21-11-2-1-3-12-21)29-20-10-16-25(31(29)32)30-22-13-4-7-17-26(22)33-27-18-8-5-14-23(27)30/h1-20,30,33H. The Hall–Kier alpha value is -4.63. The van der Waals surface area contributed by atoms with E-state index in [1.165, 1.54) is 11.1 Å². The number of anilines is 2. The van der Waals surface area contributed by atoms with Crippen molar-refractivity contribution in [2.24, 2.45) is 0 Å². The lowest BCUT2D eigenvalue weighted by Gasteiger charge is -2.30. The van der Waals surface area contributed by atoms with Gasteiger partial charge < -0.3 is 9.88 Å². The summed E-state index contributed by atoms with van der Waals surface area (Å²) in [5.74, 6) is -0.0505. The molecule has 166 valence electrons. The van der Waals surface area contributed by atoms with Crippen LogP contribution in [-0.4, -0.2) is 4.57 Å². The number of hydrogen-bond acceptors (Lipinski definition) is 2. The van der Waals surface area contributed by atoms with Gasteiger partial charge in [-0.05, 0) is 59.2 Å². The van der Waals surface area contributed by atoms with Crippen molar-refractivity contribution in [3.63, 3.8) is 0 Å². The number of para-hydroxylation sites is 4. The Bertz CT molecular complexity index is 1760. The molecule has 0 aliphatic carbocycles. The van der Waals surface area contributed by atoms with Crippen LogP contribution >= 0.6 is 0 Å². The van der Waals surface area contributed by atoms with Crippen molar-refractivity contribution in [2.75, 3.05) is 5.32 Å². The van der Waals surface area contributed by atoms with Gasteiger partial charge >= 0.3 is 0 Å². The molecule has 1 aliphatic rings. The van der Waals surface area contributed by atoms with E-state index >= 15 is 0 Å². The Balaban J connectivity index is 1.64. The highest BCUT2D eigenvalue weighted by atomic mass is 16.1. The molecule has 0 saturated heterocycles. The van der Waals surface area contributed by atoms with Gasteiger partial charge in [-0.1, -0.05) is 78.9 Å². The first kappa shape index (κ1) is 19.8. The van der Waals surface area contributed by atoms with Crippen LogP contribution in [0, 0.1) is 0 Å². The zero-order valence-electron chi connectivity index (χ0n) is 19.0. The van der Waals surface area contributed by atoms with E-state index in [-0.39, 0.29) is 11.3 Å². The zero-order valence-corrected chi connectivity index (χ0v) is 19.0. The number of aromatic nitrogens is 1. The van der Waals surface area contributed by atoms with Gasteiger partial charge in [0.25, 0.3) is 0 Å². The third-order valence-corrected chi connectivity index (χ3v) is 7.07. The van der Waals surface area contributed by atoms with E-state index in [1.54, 1.807) is 0 Å². The monoisotopic (exact) mass is 450 g/mol. The van der Waals surface area contributed by atoms with E-state index in [1.807, 2.05) is 42.5 Å². The minimum atomic E-state index is -0.0505. The third kappa shape index (κ3) is 2.95. The fraction of sp³-hybridized carbons (Fsp3) is 0.0312. The average molecular weight is 451 g/mol. The van der Waals surface area contributed by atoms with Gasteiger partial charge in [-0.25, -0.2) is 0 Å². The summed E-state index contributed by atoms with van der Waals surface area (Å²) in [5.41, 5.74) is 8.50. The molecule has 0 spiro atoms. The second-order valence-corrected chi connectivity index (χ2v) is 8.99. The first-order valence-electron chi connectivity index (χ1n) is 11.9. The molecule has 0 bridgehead atoms. The van der Waals surface area contributed by atoms with Gasteiger partial charge in [0, 0.05) is 28.4 Å². The molecular weight excluding hydrogens is 428 g/mol. The number of fused-ring (bicyclic) bond motifs is 4. The van der Waals surface area contributed by atoms with Gasteiger partial charge in [0.15, 0.2) is 5.43 Å². The molecule has 3 nitrogen and oxygen atoms in total. The molecule has 1 aromatic heterocycles. The molecule has 0 radical (unpaired) electrons. The maximum Gasteiger partial charge on any atom is 0.197 e. The van der Waals surface area contributed by atoms with Crippen LogP contribution in [0.1, 0.15) is 22.6 Å². The van der Waals surface area contributed by atoms with Crippen molar-refractivity contribution in [2.45, 2.75) is 5.92 Å². The van der Waals surface area contributed by atoms with Crippen LogP contribution < -0.4 is 10.7 Å². The number of pyridine rings is 1. The second-order valence-electron chi connectivity index (χ2n) is 8.99. The van der Waals surface area contributed by atoms with Gasteiger partial charge in [-0.2, -0.15) is 0 Å². The molecule has 0 amide bonds. The molecule has 0 saturated carbocycles. The molecule has 7 rings (SSSR count). The summed E-state index contributed by atoms with van der Waals surface area (Å²) < 4.78 is 2.22. The molecule has 3 heteroatoms. The fourth-order valence-electron chi connectivity index (χ4n) is 5.58. The molecule has 0 unspecified atom stereocenters. The van der Waals surface area contributed by atoms with Gasteiger partial charge in [-0.15, -0.1) is 0 Å². The Labute approximate surface area is 202 Å². The highest BCUT2D eigenvalue weighted by molar-refractivity contribution is 5.98. The van der Waals surface area contributed by atoms with Crippen LogP contribution in [0.2, 0.25) is 0 Å². The van der Waals surface area contributed by atoms with E-state index in [0.717, 1.165) is 44.4 Å². The van der Waals surface area contributed by atoms with E-state index in [0.29, 0.717) is 0 Å². The largest absolute Gasteiger partial charge is 0.355 e. The topological polar surface area (TPSA) is 34.0 Å². The van der Waals surface area contributed by atoms with Crippen LogP contribution in [0.25, 0.3) is 27.5 Å². The van der Waals surface area contributed by atoms with Crippen molar-refractivity contribution in [1.82, 2.24) is 4.57 Å². The van der Waals surface area contributed by atoms with E-state index < -0.39 is 0 Å². The molecule has 2 heterocycles. The highest BCUT2D eigenvalue weighted by Crippen LogP contribution is 2.46. The fourth-order valence-corrected chi connectivity index (χ4v) is 5.58. The Kier molecular flexibility index (Phi) is 4.36. The number of hydrogen-bond donors (Lipinski definition) is 1. The van der Waals surface area contributed by atoms with Crippen molar-refractivity contribution in [3.05, 3.63) is 148 Å². The lowest BCUT2D eigenvalue weighted by Crippen LogP contribution is -2.18. The first-order valence-corrected chi connectivity index (χ1v) is 11.9. The van der Waals surface area contributed by atoms with Gasteiger partial charge in [0.05, 0.1) is 16.4 Å². The van der Waals surface area contributed by atoms with Crippen molar-refractivity contribution in [1.29, 1.82) is 0 Å². The molecule has 1 N–H and O–H groups in total. The number of rotatable bonds is 2. The molecule has 1 aliphatic heterocycles. The summed E-state index contributed by atoms with van der Waals surface area (Å²) in [6, 6.07) is 41.3. The highest BCUT2D eigenvalue weighted by Gasteiger charge is 2.29. The third-order valence-electron chi connectivity index (χ3n) is 7.07. The molecule has 5 aromatic carbocycles. The van der Waals surface area contributed by atoms with E-state index in [9.17, 15) is 4.79 Å². The summed E-state index contributed by atoms with van der Waals surface area (Å²) in [5, 5.41) is 5.08.